The van der Waals surface area contributed by atoms with Gasteiger partial charge in [-0.3, -0.25) is 25.3 Å². The first-order valence-corrected chi connectivity index (χ1v) is 14.7. The van der Waals surface area contributed by atoms with Gasteiger partial charge in [0.05, 0.1) is 18.2 Å². The molecule has 0 radical (unpaired) electrons. The molecule has 43 heavy (non-hydrogen) atoms. The summed E-state index contributed by atoms with van der Waals surface area (Å²) in [7, 11) is 0. The Bertz CT molecular complexity index is 1510. The van der Waals surface area contributed by atoms with Crippen LogP contribution in [-0.2, 0) is 5.41 Å². The lowest BCUT2D eigenvalue weighted by Crippen LogP contribution is -2.88. The highest BCUT2D eigenvalue weighted by atomic mass is 16.5. The summed E-state index contributed by atoms with van der Waals surface area (Å²) in [6, 6.07) is 7.28. The monoisotopic (exact) mass is 590 g/mol. The van der Waals surface area contributed by atoms with Gasteiger partial charge in [0.1, 0.15) is 23.6 Å². The number of guanidine groups is 2. The quantitative estimate of drug-likeness (QED) is 0.204. The number of aliphatic hydroxyl groups is 1. The first-order valence-electron chi connectivity index (χ1n) is 14.7. The Labute approximate surface area is 250 Å². The number of para-hydroxylation sites is 1. The molecule has 1 spiro atoms. The van der Waals surface area contributed by atoms with E-state index in [9.17, 15) is 14.7 Å². The molecular formula is C30H40N9O4+. The van der Waals surface area contributed by atoms with Crippen LogP contribution >= 0.6 is 0 Å². The van der Waals surface area contributed by atoms with Crippen LogP contribution in [0.5, 0.6) is 5.75 Å². The van der Waals surface area contributed by atoms with Crippen LogP contribution in [0.2, 0.25) is 0 Å². The highest BCUT2D eigenvalue weighted by Gasteiger charge is 2.68. The van der Waals surface area contributed by atoms with Crippen molar-refractivity contribution in [3.63, 3.8) is 0 Å². The van der Waals surface area contributed by atoms with Crippen molar-refractivity contribution < 1.29 is 24.4 Å². The van der Waals surface area contributed by atoms with E-state index in [4.69, 9.17) is 16.2 Å². The van der Waals surface area contributed by atoms with E-state index in [1.165, 1.54) is 0 Å². The van der Waals surface area contributed by atoms with Gasteiger partial charge in [0, 0.05) is 24.8 Å². The number of rotatable bonds is 6. The molecule has 4 aliphatic heterocycles. The largest absolute Gasteiger partial charge is 0.492 e. The predicted octanol–water partition coefficient (Wildman–Crippen LogP) is -1.77. The van der Waals surface area contributed by atoms with Crippen molar-refractivity contribution in [3.8, 4) is 5.75 Å². The van der Waals surface area contributed by atoms with E-state index < -0.39 is 29.9 Å². The normalized spacial score (nSPS) is 28.5. The standard InChI is InChI=1S/C30H39N9O4/c1-15(2)16-8-9-19(33-12-16)26(42)34-13-20-23-30(38-27(31)37-23)24(40)21(14-39(30)28(32)36-20)35-25(41)17-6-5-7-18-22(17)43-11-10-29(18,3)4/h5-9,12,15,20-21,23-24,40H,10-11,13-14H2,1-4H3,(H2,32,36)(H,34,42)(H,35,41)(H3,31,37,38)/p+1/t20-,21?,23-,24+,30?/m0/s1. The van der Waals surface area contributed by atoms with E-state index >= 15 is 0 Å². The van der Waals surface area contributed by atoms with Crippen LogP contribution in [0.25, 0.3) is 0 Å². The predicted molar refractivity (Wildman–Crippen MR) is 159 cm³/mol. The molecule has 1 aromatic carbocycles. The third-order valence-corrected chi connectivity index (χ3v) is 9.17. The van der Waals surface area contributed by atoms with Crippen LogP contribution in [0.15, 0.2) is 41.5 Å². The summed E-state index contributed by atoms with van der Waals surface area (Å²) < 4.78 is 5.95. The van der Waals surface area contributed by atoms with E-state index in [1.807, 2.05) is 18.2 Å². The van der Waals surface area contributed by atoms with Crippen LogP contribution in [0.4, 0.5) is 0 Å². The second-order valence-electron chi connectivity index (χ2n) is 12.7. The number of nitrogens with one attached hydrogen (secondary N) is 4. The first kappa shape index (κ1) is 28.7. The van der Waals surface area contributed by atoms with Gasteiger partial charge in [-0.25, -0.2) is 10.3 Å². The lowest BCUT2D eigenvalue weighted by atomic mass is 9.79. The molecule has 13 nitrogen and oxygen atoms in total. The number of hydrogen-bond acceptors (Lipinski definition) is 10. The van der Waals surface area contributed by atoms with E-state index in [0.717, 1.165) is 17.5 Å². The van der Waals surface area contributed by atoms with E-state index in [2.05, 4.69) is 58.6 Å². The number of carbonyl (C=O) groups is 2. The van der Waals surface area contributed by atoms with Crippen LogP contribution < -0.4 is 37.1 Å². The van der Waals surface area contributed by atoms with Crippen molar-refractivity contribution in [2.75, 3.05) is 19.7 Å². The molecule has 0 aliphatic carbocycles. The number of pyridine rings is 1. The Kier molecular flexibility index (Phi) is 6.95. The number of aromatic nitrogens is 1. The fraction of sp³-hybridized carbons (Fsp3) is 0.500. The van der Waals surface area contributed by atoms with Gasteiger partial charge in [-0.1, -0.05) is 45.9 Å². The molecule has 228 valence electrons. The molecule has 5 heterocycles. The minimum Gasteiger partial charge on any atom is -0.492 e. The summed E-state index contributed by atoms with van der Waals surface area (Å²) in [6.07, 6.45) is 1.41. The van der Waals surface area contributed by atoms with Crippen LogP contribution in [-0.4, -0.2) is 88.3 Å². The fourth-order valence-electron chi connectivity index (χ4n) is 6.65. The lowest BCUT2D eigenvalue weighted by molar-refractivity contribution is -0.513. The maximum absolute atomic E-state index is 13.6. The molecule has 2 amide bonds. The Morgan fingerprint density at radius 1 is 1.23 bits per heavy atom. The summed E-state index contributed by atoms with van der Waals surface area (Å²) in [4.78, 5) is 40.4. The number of nitrogens with zero attached hydrogens (tertiary/aromatic N) is 3. The van der Waals surface area contributed by atoms with Gasteiger partial charge in [0.25, 0.3) is 11.8 Å². The number of amides is 2. The minimum atomic E-state index is -1.20. The number of carbonyl (C=O) groups excluding carboxylic acids is 2. The summed E-state index contributed by atoms with van der Waals surface area (Å²) in [5.41, 5.74) is 14.0. The zero-order valence-corrected chi connectivity index (χ0v) is 24.8. The van der Waals surface area contributed by atoms with Gasteiger partial charge < -0.3 is 31.1 Å². The number of ether oxygens (including phenoxy) is 1. The summed E-state index contributed by atoms with van der Waals surface area (Å²) in [5, 5.41) is 20.8. The lowest BCUT2D eigenvalue weighted by Gasteiger charge is -2.43. The van der Waals surface area contributed by atoms with Gasteiger partial charge in [-0.2, -0.15) is 0 Å². The van der Waals surface area contributed by atoms with Crippen LogP contribution in [0.1, 0.15) is 72.0 Å². The van der Waals surface area contributed by atoms with Crippen molar-refractivity contribution in [3.05, 3.63) is 58.9 Å². The Morgan fingerprint density at radius 2 is 2.02 bits per heavy atom. The number of hydrogen-bond donors (Lipinski definition) is 7. The molecule has 0 bridgehead atoms. The van der Waals surface area contributed by atoms with Gasteiger partial charge in [-0.15, -0.1) is 0 Å². The van der Waals surface area contributed by atoms with Crippen molar-refractivity contribution in [1.82, 2.24) is 25.8 Å². The fourth-order valence-corrected chi connectivity index (χ4v) is 6.65. The van der Waals surface area contributed by atoms with E-state index in [0.29, 0.717) is 23.8 Å². The summed E-state index contributed by atoms with van der Waals surface area (Å²) in [5.74, 6) is 0.566. The molecule has 2 aromatic rings. The second-order valence-corrected chi connectivity index (χ2v) is 12.7. The Hall–Kier alpha value is -4.39. The molecule has 5 atom stereocenters. The van der Waals surface area contributed by atoms with E-state index in [-0.39, 0.29) is 47.9 Å². The molecule has 1 aromatic heterocycles. The highest BCUT2D eigenvalue weighted by molar-refractivity contribution is 5.98. The highest BCUT2D eigenvalue weighted by Crippen LogP contribution is 2.41. The number of aliphatic hydroxyl groups excluding tert-OH is 1. The molecule has 1 fully saturated rings. The van der Waals surface area contributed by atoms with Gasteiger partial charge in [0.2, 0.25) is 5.66 Å². The number of benzene rings is 1. The van der Waals surface area contributed by atoms with Crippen molar-refractivity contribution in [1.29, 1.82) is 0 Å². The van der Waals surface area contributed by atoms with Gasteiger partial charge in [0.15, 0.2) is 12.0 Å². The summed E-state index contributed by atoms with van der Waals surface area (Å²) >= 11 is 0. The smallest absolute Gasteiger partial charge is 0.343 e. The maximum Gasteiger partial charge on any atom is 0.343 e. The van der Waals surface area contributed by atoms with Gasteiger partial charge >= 0.3 is 5.96 Å². The molecule has 1 saturated heterocycles. The minimum absolute atomic E-state index is 0.113. The van der Waals surface area contributed by atoms with E-state index in [1.54, 1.807) is 23.2 Å². The van der Waals surface area contributed by atoms with Crippen LogP contribution in [0, 0.1) is 0 Å². The van der Waals surface area contributed by atoms with Crippen LogP contribution in [0.3, 0.4) is 0 Å². The Morgan fingerprint density at radius 3 is 2.74 bits per heavy atom. The molecule has 13 heteroatoms. The Balaban J connectivity index is 1.20. The third-order valence-electron chi connectivity index (χ3n) is 9.17. The molecule has 9 N–H and O–H groups in total. The number of nitrogens with two attached hydrogens (primary N) is 2. The zero-order chi connectivity index (χ0) is 30.7. The summed E-state index contributed by atoms with van der Waals surface area (Å²) in [6.45, 7) is 9.20. The third kappa shape index (κ3) is 4.71. The maximum atomic E-state index is 13.6. The SMILES string of the molecule is CC(C)c1ccc(C(=O)NC[C@@H]2N=C(N)N3CC(NC(=O)c4cccc5c4OCCC5(C)C)[C@@H](O)C34NC(N)=[NH+][C@@H]24)nc1. The molecular weight excluding hydrogens is 550 g/mol. The topological polar surface area (TPSA) is 194 Å². The second kappa shape index (κ2) is 10.4. The molecule has 0 saturated carbocycles. The van der Waals surface area contributed by atoms with Gasteiger partial charge in [-0.05, 0) is 35.4 Å². The molecule has 2 unspecified atom stereocenters. The number of aliphatic imine (C=N–C) groups is 1. The van der Waals surface area contributed by atoms with Crippen molar-refractivity contribution in [2.45, 2.75) is 75.3 Å². The average Bonchev–Trinajstić information content (AvgIpc) is 3.47. The average molecular weight is 591 g/mol. The van der Waals surface area contributed by atoms with Crippen molar-refractivity contribution in [2.24, 2.45) is 16.5 Å². The molecule has 6 rings (SSSR count). The first-order chi connectivity index (χ1) is 20.4. The molecule has 4 aliphatic rings. The zero-order valence-electron chi connectivity index (χ0n) is 24.8. The number of fused-ring (bicyclic) bond motifs is 1. The van der Waals surface area contributed by atoms with Crippen molar-refractivity contribution >= 4 is 23.7 Å².